The first-order valence-electron chi connectivity index (χ1n) is 7.23. The Labute approximate surface area is 128 Å². The molecule has 116 valence electrons. The van der Waals surface area contributed by atoms with Gasteiger partial charge in [-0.3, -0.25) is 9.89 Å². The van der Waals surface area contributed by atoms with Crippen LogP contribution in [0.5, 0.6) is 0 Å². The zero-order valence-electron chi connectivity index (χ0n) is 12.0. The third-order valence-corrected chi connectivity index (χ3v) is 4.45. The van der Waals surface area contributed by atoms with Gasteiger partial charge in [-0.25, -0.2) is 4.79 Å². The van der Waals surface area contributed by atoms with Crippen molar-refractivity contribution in [2.24, 2.45) is 5.92 Å². The lowest BCUT2D eigenvalue weighted by Crippen LogP contribution is -2.42. The summed E-state index contributed by atoms with van der Waals surface area (Å²) in [4.78, 5) is 23.4. The number of carbonyl (C=O) groups excluding carboxylic acids is 1. The molecule has 6 nitrogen and oxygen atoms in total. The molecule has 1 aromatic heterocycles. The molecule has 0 spiro atoms. The summed E-state index contributed by atoms with van der Waals surface area (Å²) in [5, 5.41) is 18.5. The number of aryl methyl sites for hydroxylation is 1. The van der Waals surface area contributed by atoms with Crippen LogP contribution in [0.15, 0.2) is 0 Å². The van der Waals surface area contributed by atoms with Crippen molar-refractivity contribution < 1.29 is 14.7 Å². The molecule has 1 amide bonds. The van der Waals surface area contributed by atoms with Crippen LogP contribution < -0.4 is 5.32 Å². The van der Waals surface area contributed by atoms with Crippen LogP contribution in [0.25, 0.3) is 0 Å². The van der Waals surface area contributed by atoms with Crippen LogP contribution in [0, 0.1) is 12.8 Å². The zero-order chi connectivity index (χ0) is 15.4. The van der Waals surface area contributed by atoms with Crippen LogP contribution in [0.1, 0.15) is 54.7 Å². The van der Waals surface area contributed by atoms with Gasteiger partial charge in [-0.2, -0.15) is 5.10 Å². The van der Waals surface area contributed by atoms with Gasteiger partial charge in [0, 0.05) is 0 Å². The quantitative estimate of drug-likeness (QED) is 0.778. The molecule has 0 bridgehead atoms. The molecule has 7 heteroatoms. The summed E-state index contributed by atoms with van der Waals surface area (Å²) in [5.74, 6) is -1.21. The molecule has 1 unspecified atom stereocenters. The molecule has 3 N–H and O–H groups in total. The van der Waals surface area contributed by atoms with Crippen LogP contribution in [-0.2, 0) is 4.79 Å². The summed E-state index contributed by atoms with van der Waals surface area (Å²) in [6, 6.07) is -0.895. The van der Waals surface area contributed by atoms with Crippen LogP contribution in [-0.4, -0.2) is 33.2 Å². The highest BCUT2D eigenvalue weighted by Gasteiger charge is 2.27. The number of nitrogens with one attached hydrogen (secondary N) is 2. The Morgan fingerprint density at radius 2 is 2.10 bits per heavy atom. The lowest BCUT2D eigenvalue weighted by molar-refractivity contribution is -0.139. The first kappa shape index (κ1) is 15.8. The topological polar surface area (TPSA) is 95.1 Å². The van der Waals surface area contributed by atoms with Crippen molar-refractivity contribution in [2.45, 2.75) is 51.5 Å². The average Bonchev–Trinajstić information content (AvgIpc) is 2.79. The Balaban J connectivity index is 2.00. The van der Waals surface area contributed by atoms with Crippen LogP contribution >= 0.6 is 11.6 Å². The standard InChI is InChI=1S/C14H20ClN3O3/c1-8-11(15)12(18-17-8)13(19)16-10(14(20)21)7-9-5-3-2-4-6-9/h9-10H,2-7H2,1H3,(H,16,19)(H,17,18)(H,20,21). The lowest BCUT2D eigenvalue weighted by atomic mass is 9.85. The van der Waals surface area contributed by atoms with Gasteiger partial charge < -0.3 is 10.4 Å². The number of hydrogen-bond acceptors (Lipinski definition) is 3. The fourth-order valence-electron chi connectivity index (χ4n) is 2.77. The predicted molar refractivity (Wildman–Crippen MR) is 78.4 cm³/mol. The maximum absolute atomic E-state index is 12.1. The van der Waals surface area contributed by atoms with Crippen LogP contribution in [0.2, 0.25) is 5.02 Å². The van der Waals surface area contributed by atoms with Crippen molar-refractivity contribution in [1.82, 2.24) is 15.5 Å². The zero-order valence-corrected chi connectivity index (χ0v) is 12.7. The normalized spacial score (nSPS) is 17.4. The molecule has 2 rings (SSSR count). The molecule has 1 aliphatic carbocycles. The number of carbonyl (C=O) groups is 2. The number of aromatic amines is 1. The number of rotatable bonds is 5. The Kier molecular flexibility index (Phi) is 5.22. The predicted octanol–water partition coefficient (Wildman–Crippen LogP) is 2.52. The Morgan fingerprint density at radius 3 is 2.62 bits per heavy atom. The maximum Gasteiger partial charge on any atom is 0.326 e. The molecule has 0 saturated heterocycles. The number of halogens is 1. The second kappa shape index (κ2) is 6.93. The molecule has 1 atom stereocenters. The largest absolute Gasteiger partial charge is 0.480 e. The summed E-state index contributed by atoms with van der Waals surface area (Å²) in [6.45, 7) is 1.70. The number of aromatic nitrogens is 2. The summed E-state index contributed by atoms with van der Waals surface area (Å²) in [5.41, 5.74) is 0.630. The highest BCUT2D eigenvalue weighted by Crippen LogP contribution is 2.27. The summed E-state index contributed by atoms with van der Waals surface area (Å²) in [6.07, 6.45) is 6.00. The number of nitrogens with zero attached hydrogens (tertiary/aromatic N) is 1. The van der Waals surface area contributed by atoms with Gasteiger partial charge >= 0.3 is 5.97 Å². The first-order chi connectivity index (χ1) is 9.99. The highest BCUT2D eigenvalue weighted by atomic mass is 35.5. The van der Waals surface area contributed by atoms with E-state index in [1.165, 1.54) is 6.42 Å². The van der Waals surface area contributed by atoms with Gasteiger partial charge in [0.05, 0.1) is 10.7 Å². The number of hydrogen-bond donors (Lipinski definition) is 3. The van der Waals surface area contributed by atoms with E-state index in [4.69, 9.17) is 11.6 Å². The van der Waals surface area contributed by atoms with Crippen molar-refractivity contribution in [3.63, 3.8) is 0 Å². The molecule has 1 fully saturated rings. The van der Waals surface area contributed by atoms with Crippen LogP contribution in [0.3, 0.4) is 0 Å². The smallest absolute Gasteiger partial charge is 0.326 e. The molecule has 1 aromatic rings. The van der Waals surface area contributed by atoms with E-state index < -0.39 is 17.9 Å². The van der Waals surface area contributed by atoms with Gasteiger partial charge in [0.15, 0.2) is 5.69 Å². The van der Waals surface area contributed by atoms with E-state index in [0.29, 0.717) is 18.0 Å². The molecular formula is C14H20ClN3O3. The summed E-state index contributed by atoms with van der Waals surface area (Å²) < 4.78 is 0. The molecule has 0 radical (unpaired) electrons. The molecule has 1 saturated carbocycles. The number of H-pyrrole nitrogens is 1. The van der Waals surface area contributed by atoms with Crippen molar-refractivity contribution in [1.29, 1.82) is 0 Å². The molecule has 1 heterocycles. The van der Waals surface area contributed by atoms with Gasteiger partial charge in [0.2, 0.25) is 0 Å². The van der Waals surface area contributed by atoms with Crippen molar-refractivity contribution in [3.8, 4) is 0 Å². The SMILES string of the molecule is Cc1[nH]nc(C(=O)NC(CC2CCCCC2)C(=O)O)c1Cl. The highest BCUT2D eigenvalue weighted by molar-refractivity contribution is 6.34. The first-order valence-corrected chi connectivity index (χ1v) is 7.61. The molecule has 21 heavy (non-hydrogen) atoms. The second-order valence-corrected chi connectivity index (χ2v) is 5.99. The number of carboxylic acids is 1. The van der Waals surface area contributed by atoms with Gasteiger partial charge in [-0.15, -0.1) is 0 Å². The van der Waals surface area contributed by atoms with E-state index in [2.05, 4.69) is 15.5 Å². The second-order valence-electron chi connectivity index (χ2n) is 5.62. The third kappa shape index (κ3) is 3.97. The van der Waals surface area contributed by atoms with E-state index in [9.17, 15) is 14.7 Å². The lowest BCUT2D eigenvalue weighted by Gasteiger charge is -2.24. The fourth-order valence-corrected chi connectivity index (χ4v) is 2.94. The maximum atomic E-state index is 12.1. The minimum absolute atomic E-state index is 0.0454. The Hall–Kier alpha value is -1.56. The molecular weight excluding hydrogens is 294 g/mol. The van der Waals surface area contributed by atoms with Crippen molar-refractivity contribution >= 4 is 23.5 Å². The third-order valence-electron chi connectivity index (χ3n) is 3.98. The minimum atomic E-state index is -1.02. The van der Waals surface area contributed by atoms with Crippen LogP contribution in [0.4, 0.5) is 0 Å². The van der Waals surface area contributed by atoms with E-state index >= 15 is 0 Å². The monoisotopic (exact) mass is 313 g/mol. The van der Waals surface area contributed by atoms with Gasteiger partial charge in [0.1, 0.15) is 6.04 Å². The molecule has 0 aliphatic heterocycles. The average molecular weight is 314 g/mol. The van der Waals surface area contributed by atoms with Gasteiger partial charge in [-0.05, 0) is 19.3 Å². The fraction of sp³-hybridized carbons (Fsp3) is 0.643. The van der Waals surface area contributed by atoms with E-state index in [1.54, 1.807) is 6.92 Å². The van der Waals surface area contributed by atoms with Crippen molar-refractivity contribution in [3.05, 3.63) is 16.4 Å². The minimum Gasteiger partial charge on any atom is -0.480 e. The van der Waals surface area contributed by atoms with E-state index in [-0.39, 0.29) is 10.7 Å². The van der Waals surface area contributed by atoms with E-state index in [0.717, 1.165) is 25.7 Å². The Bertz CT molecular complexity index is 524. The van der Waals surface area contributed by atoms with E-state index in [1.807, 2.05) is 0 Å². The number of aliphatic carboxylic acids is 1. The number of carboxylic acid groups (broad SMARTS) is 1. The molecule has 1 aliphatic rings. The van der Waals surface area contributed by atoms with Gasteiger partial charge in [-0.1, -0.05) is 43.7 Å². The van der Waals surface area contributed by atoms with Crippen molar-refractivity contribution in [2.75, 3.05) is 0 Å². The Morgan fingerprint density at radius 1 is 1.43 bits per heavy atom. The van der Waals surface area contributed by atoms with Gasteiger partial charge in [0.25, 0.3) is 5.91 Å². The summed E-state index contributed by atoms with van der Waals surface area (Å²) >= 11 is 5.96. The summed E-state index contributed by atoms with van der Waals surface area (Å²) in [7, 11) is 0. The number of amides is 1. The molecule has 0 aromatic carbocycles.